The number of hydrogen-bond acceptors (Lipinski definition) is 4. The molecule has 5 heteroatoms. The Balaban J connectivity index is 3.91. The van der Waals surface area contributed by atoms with Gasteiger partial charge in [-0.05, 0) is 13.8 Å². The molecule has 0 rings (SSSR count). The summed E-state index contributed by atoms with van der Waals surface area (Å²) in [5, 5.41) is 2.33. The molecule has 0 aromatic rings. The molecule has 0 spiro atoms. The molecule has 1 unspecified atom stereocenters. The van der Waals surface area contributed by atoms with Crippen molar-refractivity contribution in [3.63, 3.8) is 0 Å². The third kappa shape index (κ3) is 4.95. The highest BCUT2D eigenvalue weighted by atomic mass is 16.5. The van der Waals surface area contributed by atoms with Gasteiger partial charge < -0.3 is 10.1 Å². The molecule has 74 valence electrons. The largest absolute Gasteiger partial charge is 0.467 e. The van der Waals surface area contributed by atoms with Crippen molar-refractivity contribution in [3.8, 4) is 0 Å². The monoisotopic (exact) mass is 187 g/mol. The maximum absolute atomic E-state index is 10.9. The molecule has 0 radical (unpaired) electrons. The van der Waals surface area contributed by atoms with Crippen LogP contribution in [0.1, 0.15) is 20.3 Å². The summed E-state index contributed by atoms with van der Waals surface area (Å²) in [6, 6.07) is -0.711. The van der Waals surface area contributed by atoms with E-state index in [1.807, 2.05) is 0 Å². The third-order valence-corrected chi connectivity index (χ3v) is 1.34. The smallest absolute Gasteiger partial charge is 0.328 e. The zero-order valence-electron chi connectivity index (χ0n) is 7.92. The van der Waals surface area contributed by atoms with E-state index >= 15 is 0 Å². The van der Waals surface area contributed by atoms with E-state index in [2.05, 4.69) is 10.1 Å². The summed E-state index contributed by atoms with van der Waals surface area (Å²) in [5.41, 5.74) is 0. The van der Waals surface area contributed by atoms with Crippen molar-refractivity contribution in [2.24, 2.45) is 0 Å². The van der Waals surface area contributed by atoms with E-state index in [9.17, 15) is 14.4 Å². The molecule has 0 aliphatic heterocycles. The van der Waals surface area contributed by atoms with Gasteiger partial charge >= 0.3 is 5.97 Å². The molecular weight excluding hydrogens is 174 g/mol. The van der Waals surface area contributed by atoms with Crippen molar-refractivity contribution in [3.05, 3.63) is 0 Å². The number of hydrogen-bond donors (Lipinski definition) is 1. The molecule has 0 heterocycles. The number of methoxy groups -OCH3 is 1. The summed E-state index contributed by atoms with van der Waals surface area (Å²) in [6.07, 6.45) is -0.207. The van der Waals surface area contributed by atoms with E-state index in [0.29, 0.717) is 0 Å². The van der Waals surface area contributed by atoms with Gasteiger partial charge in [0.1, 0.15) is 11.8 Å². The molecule has 13 heavy (non-hydrogen) atoms. The van der Waals surface area contributed by atoms with Gasteiger partial charge in [-0.3, -0.25) is 9.59 Å². The van der Waals surface area contributed by atoms with Crippen LogP contribution >= 0.6 is 0 Å². The van der Waals surface area contributed by atoms with Gasteiger partial charge in [-0.25, -0.2) is 4.79 Å². The standard InChI is InChI=1S/C8H13NO4/c1-5(10)4-7(11)9-6(2)8(12)13-3/h6H,4H2,1-3H3,(H,9,11). The highest BCUT2D eigenvalue weighted by Crippen LogP contribution is 1.88. The topological polar surface area (TPSA) is 72.5 Å². The van der Waals surface area contributed by atoms with Gasteiger partial charge in [0.05, 0.1) is 13.5 Å². The Morgan fingerprint density at radius 1 is 1.38 bits per heavy atom. The minimum atomic E-state index is -0.711. The minimum absolute atomic E-state index is 0.207. The van der Waals surface area contributed by atoms with Crippen LogP contribution in [0.5, 0.6) is 0 Å². The number of amides is 1. The van der Waals surface area contributed by atoms with Crippen LogP contribution in [0.2, 0.25) is 0 Å². The normalized spacial score (nSPS) is 11.6. The van der Waals surface area contributed by atoms with Crippen molar-refractivity contribution in [1.82, 2.24) is 5.32 Å². The summed E-state index contributed by atoms with van der Waals surface area (Å²) in [7, 11) is 1.23. The van der Waals surface area contributed by atoms with Crippen LogP contribution in [0.15, 0.2) is 0 Å². The van der Waals surface area contributed by atoms with E-state index < -0.39 is 17.9 Å². The molecule has 0 aromatic carbocycles. The minimum Gasteiger partial charge on any atom is -0.467 e. The maximum atomic E-state index is 10.9. The Bertz CT molecular complexity index is 224. The van der Waals surface area contributed by atoms with Crippen molar-refractivity contribution >= 4 is 17.7 Å². The summed E-state index contributed by atoms with van der Waals surface area (Å²) in [6.45, 7) is 2.80. The summed E-state index contributed by atoms with van der Waals surface area (Å²) in [4.78, 5) is 32.3. The number of Topliss-reactive ketones (excluding diaryl/α,β-unsaturated/α-hetero) is 1. The van der Waals surface area contributed by atoms with E-state index in [4.69, 9.17) is 0 Å². The Hall–Kier alpha value is -1.39. The number of carbonyl (C=O) groups excluding carboxylic acids is 3. The molecule has 1 N–H and O–H groups in total. The Morgan fingerprint density at radius 2 is 1.92 bits per heavy atom. The fraction of sp³-hybridized carbons (Fsp3) is 0.625. The maximum Gasteiger partial charge on any atom is 0.328 e. The van der Waals surface area contributed by atoms with Gasteiger partial charge in [-0.15, -0.1) is 0 Å². The first-order valence-electron chi connectivity index (χ1n) is 3.84. The zero-order chi connectivity index (χ0) is 10.4. The second-order valence-corrected chi connectivity index (χ2v) is 2.69. The predicted octanol–water partition coefficient (Wildman–Crippen LogP) is -0.357. The van der Waals surface area contributed by atoms with E-state index in [-0.39, 0.29) is 12.2 Å². The number of nitrogens with one attached hydrogen (secondary N) is 1. The van der Waals surface area contributed by atoms with Crippen molar-refractivity contribution in [2.75, 3.05) is 7.11 Å². The first kappa shape index (κ1) is 11.6. The first-order valence-corrected chi connectivity index (χ1v) is 3.84. The van der Waals surface area contributed by atoms with E-state index in [1.54, 1.807) is 0 Å². The van der Waals surface area contributed by atoms with Crippen LogP contribution in [0.4, 0.5) is 0 Å². The molecule has 0 aromatic heterocycles. The molecule has 0 aliphatic rings. The highest BCUT2D eigenvalue weighted by molar-refractivity contribution is 5.98. The zero-order valence-corrected chi connectivity index (χ0v) is 7.92. The average molecular weight is 187 g/mol. The lowest BCUT2D eigenvalue weighted by Crippen LogP contribution is -2.39. The van der Waals surface area contributed by atoms with Gasteiger partial charge in [-0.2, -0.15) is 0 Å². The second kappa shape index (κ2) is 5.29. The molecule has 0 saturated carbocycles. The Morgan fingerprint density at radius 3 is 2.31 bits per heavy atom. The van der Waals surface area contributed by atoms with Crippen LogP contribution in [-0.2, 0) is 19.1 Å². The number of rotatable bonds is 4. The number of ketones is 1. The quantitative estimate of drug-likeness (QED) is 0.482. The third-order valence-electron chi connectivity index (χ3n) is 1.34. The van der Waals surface area contributed by atoms with Crippen LogP contribution in [0, 0.1) is 0 Å². The second-order valence-electron chi connectivity index (χ2n) is 2.69. The fourth-order valence-electron chi connectivity index (χ4n) is 0.754. The summed E-state index contributed by atoms with van der Waals surface area (Å²) < 4.78 is 4.38. The van der Waals surface area contributed by atoms with Crippen LogP contribution in [0.25, 0.3) is 0 Å². The van der Waals surface area contributed by atoms with Crippen molar-refractivity contribution in [1.29, 1.82) is 0 Å². The number of esters is 1. The molecule has 5 nitrogen and oxygen atoms in total. The van der Waals surface area contributed by atoms with Gasteiger partial charge in [0.15, 0.2) is 0 Å². The van der Waals surface area contributed by atoms with Crippen molar-refractivity contribution in [2.45, 2.75) is 26.3 Å². The lowest BCUT2D eigenvalue weighted by atomic mass is 10.2. The lowest BCUT2D eigenvalue weighted by Gasteiger charge is -2.10. The molecule has 0 bridgehead atoms. The SMILES string of the molecule is COC(=O)C(C)NC(=O)CC(C)=O. The Kier molecular flexibility index (Phi) is 4.72. The average Bonchev–Trinajstić information content (AvgIpc) is 2.01. The molecule has 1 amide bonds. The molecular formula is C8H13NO4. The Labute approximate surface area is 76.4 Å². The summed E-state index contributed by atoms with van der Waals surface area (Å²) in [5.74, 6) is -1.24. The van der Waals surface area contributed by atoms with E-state index in [0.717, 1.165) is 0 Å². The van der Waals surface area contributed by atoms with Gasteiger partial charge in [0, 0.05) is 0 Å². The van der Waals surface area contributed by atoms with E-state index in [1.165, 1.54) is 21.0 Å². The van der Waals surface area contributed by atoms with Gasteiger partial charge in [0.25, 0.3) is 0 Å². The summed E-state index contributed by atoms with van der Waals surface area (Å²) >= 11 is 0. The molecule has 0 fully saturated rings. The highest BCUT2D eigenvalue weighted by Gasteiger charge is 2.16. The van der Waals surface area contributed by atoms with Crippen LogP contribution < -0.4 is 5.32 Å². The number of carbonyl (C=O) groups is 3. The molecule has 0 aliphatic carbocycles. The fourth-order valence-corrected chi connectivity index (χ4v) is 0.754. The van der Waals surface area contributed by atoms with Crippen LogP contribution in [0.3, 0.4) is 0 Å². The van der Waals surface area contributed by atoms with Gasteiger partial charge in [0.2, 0.25) is 5.91 Å². The predicted molar refractivity (Wildman–Crippen MR) is 44.9 cm³/mol. The molecule has 0 saturated heterocycles. The van der Waals surface area contributed by atoms with Crippen LogP contribution in [-0.4, -0.2) is 30.8 Å². The number of ether oxygens (including phenoxy) is 1. The lowest BCUT2D eigenvalue weighted by molar-refractivity contribution is -0.144. The van der Waals surface area contributed by atoms with Gasteiger partial charge in [-0.1, -0.05) is 0 Å². The molecule has 1 atom stereocenters. The first-order chi connectivity index (χ1) is 5.97. The van der Waals surface area contributed by atoms with Crippen molar-refractivity contribution < 1.29 is 19.1 Å².